The van der Waals surface area contributed by atoms with E-state index in [0.717, 1.165) is 38.5 Å². The van der Waals surface area contributed by atoms with E-state index in [4.69, 9.17) is 0 Å². The second-order valence-corrected chi connectivity index (χ2v) is 12.3. The van der Waals surface area contributed by atoms with Crippen LogP contribution in [0.4, 0.5) is 0 Å². The predicted molar refractivity (Wildman–Crippen MR) is 187 cm³/mol. The maximum absolute atomic E-state index is 2.53. The fourth-order valence-electron chi connectivity index (χ4n) is 7.68. The van der Waals surface area contributed by atoms with E-state index in [-0.39, 0.29) is 0 Å². The van der Waals surface area contributed by atoms with Crippen molar-refractivity contribution in [1.82, 2.24) is 9.13 Å². The first kappa shape index (κ1) is 25.4. The van der Waals surface area contributed by atoms with Crippen LogP contribution in [-0.2, 0) is 12.8 Å². The molecule has 9 rings (SSSR count). The van der Waals surface area contributed by atoms with Crippen LogP contribution in [-0.4, -0.2) is 9.13 Å². The molecule has 44 heavy (non-hydrogen) atoms. The van der Waals surface area contributed by atoms with Crippen LogP contribution in [0.1, 0.15) is 53.8 Å². The molecule has 3 aliphatic carbocycles. The van der Waals surface area contributed by atoms with Gasteiger partial charge in [-0.05, 0) is 103 Å². The summed E-state index contributed by atoms with van der Waals surface area (Å²) in [6.45, 7) is 0. The molecule has 0 amide bonds. The summed E-state index contributed by atoms with van der Waals surface area (Å²) in [7, 11) is 0. The van der Waals surface area contributed by atoms with Gasteiger partial charge in [0.15, 0.2) is 0 Å². The molecule has 3 aliphatic rings. The van der Waals surface area contributed by atoms with E-state index in [1.165, 1.54) is 78.0 Å². The monoisotopic (exact) mass is 566 g/mol. The minimum atomic E-state index is 1.01. The molecule has 4 aromatic carbocycles. The number of hydrogen-bond donors (Lipinski definition) is 0. The van der Waals surface area contributed by atoms with Crippen molar-refractivity contribution in [3.05, 3.63) is 149 Å². The Bertz CT molecular complexity index is 2210. The number of allylic oxidation sites excluding steroid dienone is 6. The lowest BCUT2D eigenvalue weighted by Crippen LogP contribution is -2.05. The Morgan fingerprint density at radius 3 is 2.23 bits per heavy atom. The third kappa shape index (κ3) is 4.02. The van der Waals surface area contributed by atoms with Gasteiger partial charge in [-0.15, -0.1) is 0 Å². The average molecular weight is 567 g/mol. The van der Waals surface area contributed by atoms with Gasteiger partial charge in [-0.1, -0.05) is 91.0 Å². The summed E-state index contributed by atoms with van der Waals surface area (Å²) < 4.78 is 5.03. The van der Waals surface area contributed by atoms with Crippen LogP contribution in [0.5, 0.6) is 0 Å². The van der Waals surface area contributed by atoms with E-state index in [1.54, 1.807) is 0 Å². The number of aromatic nitrogens is 2. The normalized spacial score (nSPS) is 15.7. The lowest BCUT2D eigenvalue weighted by atomic mass is 9.90. The number of fused-ring (bicyclic) bond motifs is 6. The highest BCUT2D eigenvalue weighted by molar-refractivity contribution is 6.01. The Labute approximate surface area is 258 Å². The summed E-state index contributed by atoms with van der Waals surface area (Å²) in [5, 5.41) is 2.70. The molecule has 0 atom stereocenters. The standard InChI is InChI=1S/C42H34N2/c1-3-12-29(13-4-1)30-14-11-17-34(26-30)44-40-21-10-8-19-36(40)38-28-32(23-25-42(38)44)31-22-24-41-37(27-31)35-18-7-9-20-39(35)43(41)33-15-5-2-6-16-33/h1,3-5,7-8,10-19,21-22,24,26-28H,2,6,9,20,23,25H2. The Morgan fingerprint density at radius 2 is 1.32 bits per heavy atom. The third-order valence-electron chi connectivity index (χ3n) is 9.72. The summed E-state index contributed by atoms with van der Waals surface area (Å²) in [4.78, 5) is 0. The lowest BCUT2D eigenvalue weighted by molar-refractivity contribution is 0.892. The highest BCUT2D eigenvalue weighted by Gasteiger charge is 2.24. The van der Waals surface area contributed by atoms with Crippen LogP contribution >= 0.6 is 0 Å². The first-order valence-electron chi connectivity index (χ1n) is 16.0. The van der Waals surface area contributed by atoms with Gasteiger partial charge in [0.05, 0.1) is 11.0 Å². The van der Waals surface area contributed by atoms with Gasteiger partial charge < -0.3 is 9.13 Å². The van der Waals surface area contributed by atoms with Gasteiger partial charge in [0.2, 0.25) is 0 Å². The molecular formula is C42H34N2. The minimum Gasteiger partial charge on any atom is -0.313 e. The van der Waals surface area contributed by atoms with Crippen molar-refractivity contribution in [2.24, 2.45) is 0 Å². The SMILES string of the molecule is C1=CC(n2c3c(c4cc(C5=Cc6c(n(-c7cccc(-c8ccccc8)c7)c7ccccc67)CC5)ccc42)C=CCC3)=CCC1. The first-order chi connectivity index (χ1) is 21.8. The molecule has 0 aliphatic heterocycles. The van der Waals surface area contributed by atoms with E-state index >= 15 is 0 Å². The van der Waals surface area contributed by atoms with Gasteiger partial charge in [-0.2, -0.15) is 0 Å². The van der Waals surface area contributed by atoms with Crippen molar-refractivity contribution in [3.8, 4) is 16.8 Å². The van der Waals surface area contributed by atoms with E-state index in [1.807, 2.05) is 0 Å². The zero-order valence-electron chi connectivity index (χ0n) is 24.8. The molecule has 0 bridgehead atoms. The summed E-state index contributed by atoms with van der Waals surface area (Å²) in [5.74, 6) is 0. The molecule has 2 heterocycles. The number of hydrogen-bond acceptors (Lipinski definition) is 0. The van der Waals surface area contributed by atoms with E-state index in [9.17, 15) is 0 Å². The van der Waals surface area contributed by atoms with Crippen molar-refractivity contribution < 1.29 is 0 Å². The van der Waals surface area contributed by atoms with Crippen molar-refractivity contribution in [2.45, 2.75) is 38.5 Å². The molecule has 0 fully saturated rings. The maximum Gasteiger partial charge on any atom is 0.0538 e. The van der Waals surface area contributed by atoms with Crippen molar-refractivity contribution in [1.29, 1.82) is 0 Å². The van der Waals surface area contributed by atoms with Gasteiger partial charge in [0.1, 0.15) is 0 Å². The predicted octanol–water partition coefficient (Wildman–Crippen LogP) is 10.9. The quantitative estimate of drug-likeness (QED) is 0.201. The van der Waals surface area contributed by atoms with Crippen LogP contribution in [0, 0.1) is 0 Å². The average Bonchev–Trinajstić information content (AvgIpc) is 3.61. The third-order valence-corrected chi connectivity index (χ3v) is 9.72. The largest absolute Gasteiger partial charge is 0.313 e. The Kier molecular flexibility index (Phi) is 5.94. The summed E-state index contributed by atoms with van der Waals surface area (Å²) in [6.07, 6.45) is 20.7. The lowest BCUT2D eigenvalue weighted by Gasteiger charge is -2.18. The highest BCUT2D eigenvalue weighted by Crippen LogP contribution is 2.41. The van der Waals surface area contributed by atoms with Crippen LogP contribution < -0.4 is 0 Å². The Morgan fingerprint density at radius 1 is 0.500 bits per heavy atom. The van der Waals surface area contributed by atoms with Gasteiger partial charge in [-0.25, -0.2) is 0 Å². The topological polar surface area (TPSA) is 9.86 Å². The van der Waals surface area contributed by atoms with Crippen LogP contribution in [0.3, 0.4) is 0 Å². The van der Waals surface area contributed by atoms with E-state index in [0.29, 0.717) is 0 Å². The molecule has 0 N–H and O–H groups in total. The number of benzene rings is 4. The molecular weight excluding hydrogens is 532 g/mol. The smallest absolute Gasteiger partial charge is 0.0538 e. The molecule has 6 aromatic rings. The molecule has 0 unspecified atom stereocenters. The van der Waals surface area contributed by atoms with Gasteiger partial charge in [0.25, 0.3) is 0 Å². The molecule has 0 saturated carbocycles. The number of rotatable bonds is 4. The maximum atomic E-state index is 2.53. The van der Waals surface area contributed by atoms with Crippen molar-refractivity contribution >= 4 is 45.2 Å². The van der Waals surface area contributed by atoms with Gasteiger partial charge in [0, 0.05) is 44.7 Å². The zero-order chi connectivity index (χ0) is 29.0. The zero-order valence-corrected chi connectivity index (χ0v) is 24.8. The molecule has 212 valence electrons. The van der Waals surface area contributed by atoms with Crippen molar-refractivity contribution in [2.75, 3.05) is 0 Å². The second kappa shape index (κ2) is 10.3. The van der Waals surface area contributed by atoms with Crippen LogP contribution in [0.2, 0.25) is 0 Å². The fraction of sp³-hybridized carbons (Fsp3) is 0.143. The minimum absolute atomic E-state index is 1.01. The summed E-state index contributed by atoms with van der Waals surface area (Å²) in [5.41, 5.74) is 16.1. The number of para-hydroxylation sites is 1. The molecule has 0 saturated heterocycles. The van der Waals surface area contributed by atoms with E-state index in [2.05, 4.69) is 143 Å². The molecule has 0 radical (unpaired) electrons. The van der Waals surface area contributed by atoms with Gasteiger partial charge >= 0.3 is 0 Å². The van der Waals surface area contributed by atoms with Crippen molar-refractivity contribution in [3.63, 3.8) is 0 Å². The molecule has 2 heteroatoms. The van der Waals surface area contributed by atoms with E-state index < -0.39 is 0 Å². The Hall–Kier alpha value is -5.08. The molecule has 2 nitrogen and oxygen atoms in total. The fourth-order valence-corrected chi connectivity index (χ4v) is 7.68. The highest BCUT2D eigenvalue weighted by atomic mass is 15.0. The van der Waals surface area contributed by atoms with Gasteiger partial charge in [-0.3, -0.25) is 0 Å². The second-order valence-electron chi connectivity index (χ2n) is 12.3. The van der Waals surface area contributed by atoms with Crippen LogP contribution in [0.25, 0.3) is 62.0 Å². The first-order valence-corrected chi connectivity index (χ1v) is 16.0. The summed E-state index contributed by atoms with van der Waals surface area (Å²) >= 11 is 0. The Balaban J connectivity index is 1.18. The summed E-state index contributed by atoms with van der Waals surface area (Å²) in [6, 6.07) is 35.8. The number of nitrogens with zero attached hydrogens (tertiary/aromatic N) is 2. The molecule has 0 spiro atoms. The van der Waals surface area contributed by atoms with Crippen LogP contribution in [0.15, 0.2) is 121 Å². The molecule has 2 aromatic heterocycles.